The third-order valence-electron chi connectivity index (χ3n) is 3.86. The second-order valence-corrected chi connectivity index (χ2v) is 7.93. The Kier molecular flexibility index (Phi) is 5.52. The quantitative estimate of drug-likeness (QED) is 0.874. The van der Waals surface area contributed by atoms with Crippen molar-refractivity contribution in [1.82, 2.24) is 10.2 Å². The monoisotopic (exact) mass is 312 g/mol. The summed E-state index contributed by atoms with van der Waals surface area (Å²) in [5, 5.41) is 6.18. The Balaban J connectivity index is 2.13. The van der Waals surface area contributed by atoms with Crippen LogP contribution < -0.4 is 5.32 Å². The van der Waals surface area contributed by atoms with Gasteiger partial charge in [0.2, 0.25) is 5.91 Å². The first kappa shape index (κ1) is 15.9. The normalized spacial score (nSPS) is 24.6. The van der Waals surface area contributed by atoms with Crippen molar-refractivity contribution in [3.8, 4) is 0 Å². The van der Waals surface area contributed by atoms with Gasteiger partial charge in [-0.1, -0.05) is 26.8 Å². The Hall–Kier alpha value is -0.520. The molecule has 1 aromatic heterocycles. The molecule has 0 aliphatic carbocycles. The summed E-state index contributed by atoms with van der Waals surface area (Å²) in [7, 11) is 0. The average molecular weight is 313 g/mol. The Morgan fingerprint density at radius 1 is 1.45 bits per heavy atom. The van der Waals surface area contributed by atoms with E-state index in [1.165, 1.54) is 4.88 Å². The van der Waals surface area contributed by atoms with Crippen LogP contribution in [0.25, 0.3) is 0 Å². The molecule has 112 valence electrons. The number of hydrogen-bond donors (Lipinski definition) is 1. The van der Waals surface area contributed by atoms with Crippen molar-refractivity contribution < 1.29 is 4.79 Å². The van der Waals surface area contributed by atoms with Crippen LogP contribution in [0, 0.1) is 5.92 Å². The molecule has 1 aliphatic heterocycles. The van der Waals surface area contributed by atoms with E-state index in [4.69, 9.17) is 0 Å². The van der Waals surface area contributed by atoms with Crippen molar-refractivity contribution in [1.29, 1.82) is 0 Å². The molecular weight excluding hydrogens is 288 g/mol. The van der Waals surface area contributed by atoms with Gasteiger partial charge in [-0.05, 0) is 30.0 Å². The maximum atomic E-state index is 12.6. The van der Waals surface area contributed by atoms with Crippen LogP contribution in [0.15, 0.2) is 17.5 Å². The van der Waals surface area contributed by atoms with Crippen molar-refractivity contribution >= 4 is 29.0 Å². The number of thioether (sulfide) groups is 1. The first-order valence-electron chi connectivity index (χ1n) is 7.17. The second kappa shape index (κ2) is 6.96. The summed E-state index contributed by atoms with van der Waals surface area (Å²) in [5.41, 5.74) is 0. The minimum atomic E-state index is -0.0494. The lowest BCUT2D eigenvalue weighted by Gasteiger charge is -2.24. The first-order valence-corrected chi connectivity index (χ1v) is 9.34. The summed E-state index contributed by atoms with van der Waals surface area (Å²) >= 11 is 3.58. The predicted octanol–water partition coefficient (Wildman–Crippen LogP) is 3.34. The van der Waals surface area contributed by atoms with Gasteiger partial charge in [-0.2, -0.15) is 11.8 Å². The summed E-state index contributed by atoms with van der Waals surface area (Å²) in [6, 6.07) is 4.12. The zero-order valence-corrected chi connectivity index (χ0v) is 14.3. The third kappa shape index (κ3) is 3.38. The fraction of sp³-hybridized carbons (Fsp3) is 0.667. The van der Waals surface area contributed by atoms with Gasteiger partial charge >= 0.3 is 0 Å². The van der Waals surface area contributed by atoms with Crippen LogP contribution in [0.1, 0.15) is 38.2 Å². The lowest BCUT2D eigenvalue weighted by atomic mass is 10.1. The lowest BCUT2D eigenvalue weighted by Crippen LogP contribution is -2.35. The van der Waals surface area contributed by atoms with E-state index in [0.717, 1.165) is 13.0 Å². The fourth-order valence-electron chi connectivity index (χ4n) is 2.48. The number of amides is 1. The topological polar surface area (TPSA) is 32.3 Å². The van der Waals surface area contributed by atoms with Crippen LogP contribution in [-0.4, -0.2) is 34.9 Å². The number of hydrogen-bond acceptors (Lipinski definition) is 4. The molecule has 3 unspecified atom stereocenters. The van der Waals surface area contributed by atoms with Gasteiger partial charge in [0.05, 0.1) is 6.04 Å². The van der Waals surface area contributed by atoms with E-state index in [0.29, 0.717) is 11.2 Å². The highest BCUT2D eigenvalue weighted by Crippen LogP contribution is 2.31. The van der Waals surface area contributed by atoms with Crippen molar-refractivity contribution in [2.24, 2.45) is 5.92 Å². The summed E-state index contributed by atoms with van der Waals surface area (Å²) in [6.07, 6.45) is 3.23. The predicted molar refractivity (Wildman–Crippen MR) is 88.1 cm³/mol. The third-order valence-corrected chi connectivity index (χ3v) is 5.82. The molecule has 1 N–H and O–H groups in total. The molecule has 1 amide bonds. The van der Waals surface area contributed by atoms with Gasteiger partial charge in [-0.3, -0.25) is 10.1 Å². The molecule has 20 heavy (non-hydrogen) atoms. The van der Waals surface area contributed by atoms with E-state index >= 15 is 0 Å². The molecule has 5 heteroatoms. The van der Waals surface area contributed by atoms with Crippen LogP contribution in [0.5, 0.6) is 0 Å². The van der Waals surface area contributed by atoms with E-state index < -0.39 is 0 Å². The molecule has 0 spiro atoms. The van der Waals surface area contributed by atoms with Crippen molar-refractivity contribution in [3.63, 3.8) is 0 Å². The molecular formula is C15H24N2OS2. The molecule has 1 fully saturated rings. The highest BCUT2D eigenvalue weighted by Gasteiger charge is 2.41. The molecule has 3 atom stereocenters. The van der Waals surface area contributed by atoms with Crippen LogP contribution in [0.2, 0.25) is 0 Å². The Bertz CT molecular complexity index is 433. The van der Waals surface area contributed by atoms with Crippen molar-refractivity contribution in [2.75, 3.05) is 12.8 Å². The number of rotatable bonds is 6. The van der Waals surface area contributed by atoms with Gasteiger partial charge in [0.1, 0.15) is 6.17 Å². The van der Waals surface area contributed by atoms with Crippen LogP contribution >= 0.6 is 23.1 Å². The molecule has 2 rings (SSSR count). The zero-order chi connectivity index (χ0) is 14.7. The number of carbonyl (C=O) groups excluding carboxylic acids is 1. The van der Waals surface area contributed by atoms with E-state index in [9.17, 15) is 4.79 Å². The van der Waals surface area contributed by atoms with Crippen molar-refractivity contribution in [3.05, 3.63) is 22.4 Å². The van der Waals surface area contributed by atoms with E-state index in [-0.39, 0.29) is 18.1 Å². The SMILES string of the molecule is CSC(C)CCN1C(=O)C(C(C)C)NC1c1cccs1. The summed E-state index contributed by atoms with van der Waals surface area (Å²) in [5.74, 6) is 0.583. The fourth-order valence-corrected chi connectivity index (χ4v) is 3.61. The molecule has 1 aliphatic rings. The van der Waals surface area contributed by atoms with Crippen LogP contribution in [-0.2, 0) is 4.79 Å². The number of thiophene rings is 1. The van der Waals surface area contributed by atoms with Crippen LogP contribution in [0.4, 0.5) is 0 Å². The standard InChI is InChI=1S/C15H24N2OS2/c1-10(2)13-15(18)17(8-7-11(3)19-4)14(16-13)12-6-5-9-20-12/h5-6,9-11,13-14,16H,7-8H2,1-4H3. The maximum Gasteiger partial charge on any atom is 0.241 e. The molecule has 2 heterocycles. The molecule has 0 aromatic carbocycles. The summed E-state index contributed by atoms with van der Waals surface area (Å²) in [6.45, 7) is 7.27. The van der Waals surface area contributed by atoms with Gasteiger partial charge in [0.25, 0.3) is 0 Å². The largest absolute Gasteiger partial charge is 0.321 e. The Labute approximate surface area is 130 Å². The Morgan fingerprint density at radius 3 is 2.75 bits per heavy atom. The number of nitrogens with one attached hydrogen (secondary N) is 1. The highest BCUT2D eigenvalue weighted by molar-refractivity contribution is 7.99. The average Bonchev–Trinajstić information content (AvgIpc) is 3.03. The zero-order valence-electron chi connectivity index (χ0n) is 12.6. The minimum absolute atomic E-state index is 0.0494. The molecule has 1 aromatic rings. The maximum absolute atomic E-state index is 12.6. The molecule has 0 bridgehead atoms. The minimum Gasteiger partial charge on any atom is -0.321 e. The molecule has 0 saturated carbocycles. The molecule has 1 saturated heterocycles. The van der Waals surface area contributed by atoms with Gasteiger partial charge < -0.3 is 4.90 Å². The van der Waals surface area contributed by atoms with E-state index in [1.807, 2.05) is 16.7 Å². The van der Waals surface area contributed by atoms with Gasteiger partial charge in [-0.25, -0.2) is 0 Å². The summed E-state index contributed by atoms with van der Waals surface area (Å²) in [4.78, 5) is 15.9. The number of carbonyl (C=O) groups is 1. The number of nitrogens with zero attached hydrogens (tertiary/aromatic N) is 1. The van der Waals surface area contributed by atoms with E-state index in [1.54, 1.807) is 11.3 Å². The summed E-state index contributed by atoms with van der Waals surface area (Å²) < 4.78 is 0. The highest BCUT2D eigenvalue weighted by atomic mass is 32.2. The van der Waals surface area contributed by atoms with Gasteiger partial charge in [-0.15, -0.1) is 11.3 Å². The van der Waals surface area contributed by atoms with E-state index in [2.05, 4.69) is 49.9 Å². The van der Waals surface area contributed by atoms with Gasteiger partial charge in [0.15, 0.2) is 0 Å². The van der Waals surface area contributed by atoms with Gasteiger partial charge in [0, 0.05) is 16.7 Å². The first-order chi connectivity index (χ1) is 9.54. The smallest absolute Gasteiger partial charge is 0.241 e. The van der Waals surface area contributed by atoms with Crippen LogP contribution in [0.3, 0.4) is 0 Å². The molecule has 0 radical (unpaired) electrons. The second-order valence-electron chi connectivity index (χ2n) is 5.67. The molecule has 3 nitrogen and oxygen atoms in total. The lowest BCUT2D eigenvalue weighted by molar-refractivity contribution is -0.130. The Morgan fingerprint density at radius 2 is 2.20 bits per heavy atom. The van der Waals surface area contributed by atoms with Crippen molar-refractivity contribution in [2.45, 2.75) is 44.6 Å².